The van der Waals surface area contributed by atoms with Crippen LogP contribution in [-0.2, 0) is 12.8 Å². The van der Waals surface area contributed by atoms with E-state index < -0.39 is 4.92 Å². The molecular formula is C19H22N2O3S. The van der Waals surface area contributed by atoms with Crippen LogP contribution in [0.2, 0.25) is 0 Å². The summed E-state index contributed by atoms with van der Waals surface area (Å²) in [6, 6.07) is 9.98. The van der Waals surface area contributed by atoms with E-state index in [1.807, 2.05) is 11.0 Å². The summed E-state index contributed by atoms with van der Waals surface area (Å²) in [4.78, 5) is 26.7. The Morgan fingerprint density at radius 2 is 2.08 bits per heavy atom. The van der Waals surface area contributed by atoms with Gasteiger partial charge in [-0.1, -0.05) is 31.2 Å². The maximum Gasteiger partial charge on any atom is 0.283 e. The van der Waals surface area contributed by atoms with Crippen molar-refractivity contribution in [3.63, 3.8) is 0 Å². The third-order valence-electron chi connectivity index (χ3n) is 4.79. The minimum Gasteiger partial charge on any atom is -0.335 e. The fourth-order valence-corrected chi connectivity index (χ4v) is 4.48. The van der Waals surface area contributed by atoms with Crippen molar-refractivity contribution in [2.75, 3.05) is 6.54 Å². The first-order valence-corrected chi connectivity index (χ1v) is 9.45. The number of thiophene rings is 1. The number of hydrogen-bond acceptors (Lipinski definition) is 4. The van der Waals surface area contributed by atoms with Crippen molar-refractivity contribution >= 4 is 22.9 Å². The largest absolute Gasteiger partial charge is 0.335 e. The zero-order valence-corrected chi connectivity index (χ0v) is 15.3. The van der Waals surface area contributed by atoms with Crippen molar-refractivity contribution in [1.29, 1.82) is 0 Å². The number of hydrogen-bond donors (Lipinski definition) is 0. The highest BCUT2D eigenvalue weighted by Gasteiger charge is 2.30. The topological polar surface area (TPSA) is 63.5 Å². The highest BCUT2D eigenvalue weighted by molar-refractivity contribution is 7.14. The molecule has 1 amide bonds. The molecule has 25 heavy (non-hydrogen) atoms. The normalized spacial score (nSPS) is 16.3. The van der Waals surface area contributed by atoms with E-state index in [9.17, 15) is 14.9 Å². The standard InChI is InChI=1S/C19H22N2O3S/c1-3-10-20(16-9-8-14-6-4-5-7-15(14)11-16)19(22)18-12-17(21(23)24)13(2)25-18/h4-7,12,16H,3,8-11H2,1-2H3. The summed E-state index contributed by atoms with van der Waals surface area (Å²) in [6.45, 7) is 4.43. The molecule has 3 rings (SSSR count). The molecule has 0 bridgehead atoms. The predicted molar refractivity (Wildman–Crippen MR) is 99.3 cm³/mol. The van der Waals surface area contributed by atoms with Gasteiger partial charge in [0.05, 0.1) is 14.7 Å². The van der Waals surface area contributed by atoms with Crippen LogP contribution in [0.15, 0.2) is 30.3 Å². The van der Waals surface area contributed by atoms with E-state index >= 15 is 0 Å². The molecule has 1 aromatic carbocycles. The van der Waals surface area contributed by atoms with Gasteiger partial charge in [-0.15, -0.1) is 11.3 Å². The molecule has 1 heterocycles. The maximum absolute atomic E-state index is 13.0. The quantitative estimate of drug-likeness (QED) is 0.589. The van der Waals surface area contributed by atoms with Crippen LogP contribution in [0, 0.1) is 17.0 Å². The zero-order chi connectivity index (χ0) is 18.0. The van der Waals surface area contributed by atoms with Gasteiger partial charge in [0, 0.05) is 18.7 Å². The summed E-state index contributed by atoms with van der Waals surface area (Å²) in [5.74, 6) is -0.0765. The molecule has 5 nitrogen and oxygen atoms in total. The molecule has 0 saturated heterocycles. The Morgan fingerprint density at radius 3 is 2.72 bits per heavy atom. The highest BCUT2D eigenvalue weighted by atomic mass is 32.1. The third-order valence-corrected chi connectivity index (χ3v) is 5.81. The average Bonchev–Trinajstić information content (AvgIpc) is 3.01. The van der Waals surface area contributed by atoms with Crippen LogP contribution in [0.3, 0.4) is 0 Å². The molecule has 0 aliphatic heterocycles. The average molecular weight is 358 g/mol. The molecule has 1 unspecified atom stereocenters. The molecule has 1 atom stereocenters. The van der Waals surface area contributed by atoms with Gasteiger partial charge in [0.25, 0.3) is 11.6 Å². The summed E-state index contributed by atoms with van der Waals surface area (Å²) < 4.78 is 0. The predicted octanol–water partition coefficient (Wildman–Crippen LogP) is 4.37. The van der Waals surface area contributed by atoms with Crippen molar-refractivity contribution in [1.82, 2.24) is 4.90 Å². The number of nitrogens with zero attached hydrogens (tertiary/aromatic N) is 2. The van der Waals surface area contributed by atoms with Gasteiger partial charge in [-0.25, -0.2) is 0 Å². The molecule has 0 saturated carbocycles. The van der Waals surface area contributed by atoms with Crippen LogP contribution in [0.1, 0.15) is 45.4 Å². The van der Waals surface area contributed by atoms with E-state index in [4.69, 9.17) is 0 Å². The molecule has 0 fully saturated rings. The Bertz CT molecular complexity index is 800. The molecule has 1 aliphatic carbocycles. The Kier molecular flexibility index (Phi) is 5.18. The van der Waals surface area contributed by atoms with Crippen LogP contribution in [0.25, 0.3) is 0 Å². The second-order valence-corrected chi connectivity index (χ2v) is 7.73. The molecule has 6 heteroatoms. The first-order valence-electron chi connectivity index (χ1n) is 8.63. The Morgan fingerprint density at radius 1 is 1.36 bits per heavy atom. The highest BCUT2D eigenvalue weighted by Crippen LogP contribution is 2.31. The van der Waals surface area contributed by atoms with Crippen LogP contribution in [0.4, 0.5) is 5.69 Å². The summed E-state index contributed by atoms with van der Waals surface area (Å²) in [6.07, 6.45) is 3.64. The molecule has 1 aromatic heterocycles. The molecule has 0 spiro atoms. The molecule has 1 aliphatic rings. The van der Waals surface area contributed by atoms with Gasteiger partial charge >= 0.3 is 0 Å². The van der Waals surface area contributed by atoms with Crippen LogP contribution in [0.5, 0.6) is 0 Å². The number of carbonyl (C=O) groups is 1. The van der Waals surface area contributed by atoms with Crippen molar-refractivity contribution in [3.8, 4) is 0 Å². The molecule has 2 aromatic rings. The summed E-state index contributed by atoms with van der Waals surface area (Å²) in [7, 11) is 0. The Hall–Kier alpha value is -2.21. The number of fused-ring (bicyclic) bond motifs is 1. The zero-order valence-electron chi connectivity index (χ0n) is 14.5. The number of rotatable bonds is 5. The second-order valence-electron chi connectivity index (χ2n) is 6.47. The lowest BCUT2D eigenvalue weighted by molar-refractivity contribution is -0.385. The summed E-state index contributed by atoms with van der Waals surface area (Å²) in [5.41, 5.74) is 2.71. The van der Waals surface area contributed by atoms with E-state index in [2.05, 4.69) is 25.1 Å². The van der Waals surface area contributed by atoms with Gasteiger partial charge < -0.3 is 4.90 Å². The lowest BCUT2D eigenvalue weighted by Gasteiger charge is -2.35. The van der Waals surface area contributed by atoms with E-state index in [0.717, 1.165) is 25.7 Å². The number of amides is 1. The van der Waals surface area contributed by atoms with Crippen LogP contribution >= 0.6 is 11.3 Å². The molecule has 0 N–H and O–H groups in total. The minimum absolute atomic E-state index is 0.0405. The first-order chi connectivity index (χ1) is 12.0. The van der Waals surface area contributed by atoms with Gasteiger partial charge in [-0.05, 0) is 43.7 Å². The minimum atomic E-state index is -0.413. The van der Waals surface area contributed by atoms with E-state index in [1.165, 1.54) is 28.5 Å². The fourth-order valence-electron chi connectivity index (χ4n) is 3.54. The number of aryl methyl sites for hydroxylation is 2. The number of benzene rings is 1. The number of carbonyl (C=O) groups excluding carboxylic acids is 1. The molecule has 132 valence electrons. The molecular weight excluding hydrogens is 336 g/mol. The van der Waals surface area contributed by atoms with Crippen molar-refractivity contribution in [2.24, 2.45) is 0 Å². The van der Waals surface area contributed by atoms with Crippen molar-refractivity contribution < 1.29 is 9.72 Å². The van der Waals surface area contributed by atoms with Crippen LogP contribution < -0.4 is 0 Å². The smallest absolute Gasteiger partial charge is 0.283 e. The fraction of sp³-hybridized carbons (Fsp3) is 0.421. The van der Waals surface area contributed by atoms with Gasteiger partial charge in [0.2, 0.25) is 0 Å². The van der Waals surface area contributed by atoms with E-state index in [-0.39, 0.29) is 17.6 Å². The van der Waals surface area contributed by atoms with Crippen molar-refractivity contribution in [2.45, 2.75) is 45.6 Å². The Labute approximate surface area is 151 Å². The van der Waals surface area contributed by atoms with E-state index in [1.54, 1.807) is 6.92 Å². The van der Waals surface area contributed by atoms with Crippen LogP contribution in [-0.4, -0.2) is 28.3 Å². The van der Waals surface area contributed by atoms with Crippen molar-refractivity contribution in [3.05, 3.63) is 61.3 Å². The SMILES string of the molecule is CCCN(C(=O)c1cc([N+](=O)[O-])c(C)s1)C1CCc2ccccc2C1. The Balaban J connectivity index is 1.85. The monoisotopic (exact) mass is 358 g/mol. The van der Waals surface area contributed by atoms with Gasteiger partial charge in [-0.2, -0.15) is 0 Å². The van der Waals surface area contributed by atoms with Gasteiger partial charge in [-0.3, -0.25) is 14.9 Å². The summed E-state index contributed by atoms with van der Waals surface area (Å²) in [5, 5.41) is 11.1. The second kappa shape index (κ2) is 7.35. The maximum atomic E-state index is 13.0. The lowest BCUT2D eigenvalue weighted by atomic mass is 9.87. The van der Waals surface area contributed by atoms with Gasteiger partial charge in [0.1, 0.15) is 0 Å². The first kappa shape index (κ1) is 17.6. The number of nitro groups is 1. The third kappa shape index (κ3) is 3.58. The molecule has 0 radical (unpaired) electrons. The van der Waals surface area contributed by atoms with Gasteiger partial charge in [0.15, 0.2) is 0 Å². The lowest BCUT2D eigenvalue weighted by Crippen LogP contribution is -2.43. The van der Waals surface area contributed by atoms with E-state index in [0.29, 0.717) is 16.3 Å². The summed E-state index contributed by atoms with van der Waals surface area (Å²) >= 11 is 1.22.